The first-order valence-electron chi connectivity index (χ1n) is 7.08. The Hall–Kier alpha value is -1.77. The van der Waals surface area contributed by atoms with Crippen LogP contribution in [-0.4, -0.2) is 51.0 Å². The predicted octanol–water partition coefficient (Wildman–Crippen LogP) is 1.86. The van der Waals surface area contributed by atoms with Gasteiger partial charge in [0.25, 0.3) is 0 Å². The molecule has 21 heavy (non-hydrogen) atoms. The SMILES string of the molecule is COc1cccc(CC(C)(C#N)N2CCOCC2)c1OC. The van der Waals surface area contributed by atoms with Gasteiger partial charge in [0, 0.05) is 25.1 Å². The van der Waals surface area contributed by atoms with E-state index in [9.17, 15) is 5.26 Å². The second kappa shape index (κ2) is 6.79. The number of nitriles is 1. The average Bonchev–Trinajstić information content (AvgIpc) is 2.55. The second-order valence-corrected chi connectivity index (χ2v) is 5.31. The summed E-state index contributed by atoms with van der Waals surface area (Å²) in [6, 6.07) is 8.23. The van der Waals surface area contributed by atoms with Crippen molar-refractivity contribution in [3.05, 3.63) is 23.8 Å². The number of methoxy groups -OCH3 is 2. The molecule has 1 unspecified atom stereocenters. The van der Waals surface area contributed by atoms with E-state index in [1.165, 1.54) is 0 Å². The number of nitrogens with zero attached hydrogens (tertiary/aromatic N) is 2. The Labute approximate surface area is 126 Å². The third-order valence-corrected chi connectivity index (χ3v) is 3.97. The molecule has 2 rings (SSSR count). The number of benzene rings is 1. The lowest BCUT2D eigenvalue weighted by atomic mass is 9.91. The molecular weight excluding hydrogens is 268 g/mol. The molecule has 1 heterocycles. The van der Waals surface area contributed by atoms with Gasteiger partial charge in [0.1, 0.15) is 5.54 Å². The van der Waals surface area contributed by atoms with E-state index in [0.717, 1.165) is 18.7 Å². The van der Waals surface area contributed by atoms with E-state index < -0.39 is 5.54 Å². The van der Waals surface area contributed by atoms with Crippen LogP contribution in [0.2, 0.25) is 0 Å². The number of ether oxygens (including phenoxy) is 3. The van der Waals surface area contributed by atoms with Crippen molar-refractivity contribution in [2.75, 3.05) is 40.5 Å². The monoisotopic (exact) mass is 290 g/mol. The zero-order chi connectivity index (χ0) is 15.3. The molecule has 0 amide bonds. The van der Waals surface area contributed by atoms with Crippen molar-refractivity contribution in [1.29, 1.82) is 5.26 Å². The highest BCUT2D eigenvalue weighted by Gasteiger charge is 2.34. The van der Waals surface area contributed by atoms with Crippen LogP contribution in [0.4, 0.5) is 0 Å². The molecular formula is C16H22N2O3. The fourth-order valence-electron chi connectivity index (χ4n) is 2.74. The van der Waals surface area contributed by atoms with Gasteiger partial charge in [-0.25, -0.2) is 0 Å². The summed E-state index contributed by atoms with van der Waals surface area (Å²) in [5.41, 5.74) is 0.399. The lowest BCUT2D eigenvalue weighted by Crippen LogP contribution is -2.52. The van der Waals surface area contributed by atoms with Crippen molar-refractivity contribution in [2.24, 2.45) is 0 Å². The van der Waals surface area contributed by atoms with Crippen molar-refractivity contribution in [3.8, 4) is 17.6 Å². The summed E-state index contributed by atoms with van der Waals surface area (Å²) in [5, 5.41) is 9.68. The molecule has 0 bridgehead atoms. The molecule has 0 N–H and O–H groups in total. The normalized spacial score (nSPS) is 18.6. The molecule has 1 aliphatic rings. The van der Waals surface area contributed by atoms with Gasteiger partial charge in [0.05, 0.1) is 33.5 Å². The minimum atomic E-state index is -0.580. The fraction of sp³-hybridized carbons (Fsp3) is 0.562. The highest BCUT2D eigenvalue weighted by atomic mass is 16.5. The summed E-state index contributed by atoms with van der Waals surface area (Å²) in [6.45, 7) is 4.86. The standard InChI is InChI=1S/C16H22N2O3/c1-16(12-17,18-7-9-21-10-8-18)11-13-5-4-6-14(19-2)15(13)20-3/h4-6H,7-11H2,1-3H3. The fourth-order valence-corrected chi connectivity index (χ4v) is 2.74. The quantitative estimate of drug-likeness (QED) is 0.828. The van der Waals surface area contributed by atoms with Gasteiger partial charge in [-0.3, -0.25) is 4.90 Å². The molecule has 1 atom stereocenters. The number of para-hydroxylation sites is 1. The van der Waals surface area contributed by atoms with Crippen LogP contribution in [0.1, 0.15) is 12.5 Å². The van der Waals surface area contributed by atoms with Gasteiger partial charge in [-0.15, -0.1) is 0 Å². The largest absolute Gasteiger partial charge is 0.493 e. The van der Waals surface area contributed by atoms with Crippen LogP contribution in [0.3, 0.4) is 0 Å². The third-order valence-electron chi connectivity index (χ3n) is 3.97. The molecule has 1 aromatic rings. The number of hydrogen-bond donors (Lipinski definition) is 0. The maximum Gasteiger partial charge on any atom is 0.163 e. The van der Waals surface area contributed by atoms with Crippen LogP contribution >= 0.6 is 0 Å². The maximum absolute atomic E-state index is 9.68. The Kier molecular flexibility index (Phi) is 5.05. The lowest BCUT2D eigenvalue weighted by Gasteiger charge is -2.38. The molecule has 0 aliphatic carbocycles. The summed E-state index contributed by atoms with van der Waals surface area (Å²) in [7, 11) is 3.24. The highest BCUT2D eigenvalue weighted by molar-refractivity contribution is 5.47. The predicted molar refractivity (Wildman–Crippen MR) is 79.7 cm³/mol. The smallest absolute Gasteiger partial charge is 0.163 e. The zero-order valence-corrected chi connectivity index (χ0v) is 12.9. The Bertz CT molecular complexity index is 521. The van der Waals surface area contributed by atoms with E-state index in [2.05, 4.69) is 11.0 Å². The van der Waals surface area contributed by atoms with Crippen LogP contribution in [0.5, 0.6) is 11.5 Å². The van der Waals surface area contributed by atoms with Gasteiger partial charge in [0.2, 0.25) is 0 Å². The number of hydrogen-bond acceptors (Lipinski definition) is 5. The third kappa shape index (κ3) is 3.29. The number of rotatable bonds is 5. The molecule has 1 aliphatic heterocycles. The first-order chi connectivity index (χ1) is 10.1. The van der Waals surface area contributed by atoms with Crippen LogP contribution in [-0.2, 0) is 11.2 Å². The first kappa shape index (κ1) is 15.6. The topological polar surface area (TPSA) is 54.7 Å². The van der Waals surface area contributed by atoms with Crippen LogP contribution in [0.25, 0.3) is 0 Å². The number of morpholine rings is 1. The second-order valence-electron chi connectivity index (χ2n) is 5.31. The summed E-state index contributed by atoms with van der Waals surface area (Å²) in [6.07, 6.45) is 0.587. The molecule has 0 aromatic heterocycles. The van der Waals surface area contributed by atoms with Crippen molar-refractivity contribution in [1.82, 2.24) is 4.90 Å². The van der Waals surface area contributed by atoms with Gasteiger partial charge in [-0.1, -0.05) is 12.1 Å². The van der Waals surface area contributed by atoms with Gasteiger partial charge in [0.15, 0.2) is 11.5 Å². The van der Waals surface area contributed by atoms with E-state index >= 15 is 0 Å². The summed E-state index contributed by atoms with van der Waals surface area (Å²) >= 11 is 0. The van der Waals surface area contributed by atoms with E-state index in [0.29, 0.717) is 31.1 Å². The molecule has 0 saturated carbocycles. The molecule has 0 spiro atoms. The molecule has 5 nitrogen and oxygen atoms in total. The Balaban J connectivity index is 2.28. The molecule has 1 aromatic carbocycles. The minimum Gasteiger partial charge on any atom is -0.493 e. The average molecular weight is 290 g/mol. The minimum absolute atomic E-state index is 0.580. The van der Waals surface area contributed by atoms with Crippen molar-refractivity contribution >= 4 is 0 Å². The van der Waals surface area contributed by atoms with Crippen LogP contribution < -0.4 is 9.47 Å². The van der Waals surface area contributed by atoms with Crippen LogP contribution in [0, 0.1) is 11.3 Å². The molecule has 5 heteroatoms. The van der Waals surface area contributed by atoms with Gasteiger partial charge in [-0.2, -0.15) is 5.26 Å². The van der Waals surface area contributed by atoms with Crippen molar-refractivity contribution < 1.29 is 14.2 Å². The Morgan fingerprint density at radius 2 is 2.00 bits per heavy atom. The lowest BCUT2D eigenvalue weighted by molar-refractivity contribution is 0.00175. The van der Waals surface area contributed by atoms with E-state index in [4.69, 9.17) is 14.2 Å². The molecule has 1 fully saturated rings. The molecule has 1 saturated heterocycles. The first-order valence-corrected chi connectivity index (χ1v) is 7.08. The Morgan fingerprint density at radius 1 is 1.29 bits per heavy atom. The van der Waals surface area contributed by atoms with Gasteiger partial charge >= 0.3 is 0 Å². The van der Waals surface area contributed by atoms with Gasteiger partial charge < -0.3 is 14.2 Å². The maximum atomic E-state index is 9.68. The highest BCUT2D eigenvalue weighted by Crippen LogP contribution is 2.34. The Morgan fingerprint density at radius 3 is 2.57 bits per heavy atom. The van der Waals surface area contributed by atoms with E-state index in [-0.39, 0.29) is 0 Å². The van der Waals surface area contributed by atoms with Crippen molar-refractivity contribution in [3.63, 3.8) is 0 Å². The van der Waals surface area contributed by atoms with E-state index in [1.54, 1.807) is 14.2 Å². The summed E-state index contributed by atoms with van der Waals surface area (Å²) in [4.78, 5) is 2.18. The van der Waals surface area contributed by atoms with E-state index in [1.807, 2.05) is 25.1 Å². The zero-order valence-electron chi connectivity index (χ0n) is 12.9. The molecule has 114 valence electrons. The van der Waals surface area contributed by atoms with Crippen LogP contribution in [0.15, 0.2) is 18.2 Å². The molecule has 0 radical (unpaired) electrons. The summed E-state index contributed by atoms with van der Waals surface area (Å²) in [5.74, 6) is 1.40. The van der Waals surface area contributed by atoms with Gasteiger partial charge in [-0.05, 0) is 13.0 Å². The summed E-state index contributed by atoms with van der Waals surface area (Å²) < 4.78 is 16.2. The van der Waals surface area contributed by atoms with Crippen molar-refractivity contribution in [2.45, 2.75) is 18.9 Å².